The molecule has 3 aromatic rings. The van der Waals surface area contributed by atoms with Gasteiger partial charge in [-0.1, -0.05) is 19.1 Å². The topological polar surface area (TPSA) is 51.0 Å². The molecule has 0 saturated carbocycles. The summed E-state index contributed by atoms with van der Waals surface area (Å²) in [6, 6.07) is 7.96. The molecule has 2 heterocycles. The second kappa shape index (κ2) is 5.73. The maximum absolute atomic E-state index is 5.99. The minimum Gasteiger partial charge on any atom is -0.458 e. The molecular weight excluding hydrogens is 318 g/mol. The van der Waals surface area contributed by atoms with Gasteiger partial charge in [0.1, 0.15) is 17.4 Å². The first kappa shape index (κ1) is 13.3. The molecule has 1 unspecified atom stereocenters. The van der Waals surface area contributed by atoms with E-state index >= 15 is 0 Å². The summed E-state index contributed by atoms with van der Waals surface area (Å²) < 4.78 is 6.95. The predicted octanol–water partition coefficient (Wildman–Crippen LogP) is 3.68. The Morgan fingerprint density at radius 3 is 2.95 bits per heavy atom. The van der Waals surface area contributed by atoms with Gasteiger partial charge in [-0.2, -0.15) is 0 Å². The summed E-state index contributed by atoms with van der Waals surface area (Å²) in [7, 11) is 0. The van der Waals surface area contributed by atoms with Gasteiger partial charge in [-0.25, -0.2) is 0 Å². The summed E-state index contributed by atoms with van der Waals surface area (Å²) >= 11 is 3.51. The van der Waals surface area contributed by atoms with Gasteiger partial charge in [-0.3, -0.25) is 9.97 Å². The van der Waals surface area contributed by atoms with Gasteiger partial charge >= 0.3 is 0 Å². The number of rotatable bonds is 4. The van der Waals surface area contributed by atoms with Crippen molar-refractivity contribution in [3.8, 4) is 0 Å². The fourth-order valence-electron chi connectivity index (χ4n) is 2.20. The van der Waals surface area contributed by atoms with Crippen LogP contribution in [-0.4, -0.2) is 16.5 Å². The largest absolute Gasteiger partial charge is 0.458 e. The zero-order valence-electron chi connectivity index (χ0n) is 11.0. The molecule has 1 aromatic carbocycles. The van der Waals surface area contributed by atoms with Gasteiger partial charge in [-0.05, 0) is 34.6 Å². The van der Waals surface area contributed by atoms with Crippen LogP contribution in [0.1, 0.15) is 24.4 Å². The molecule has 0 aliphatic rings. The Morgan fingerprint density at radius 1 is 1.35 bits per heavy atom. The smallest absolute Gasteiger partial charge is 0.148 e. The van der Waals surface area contributed by atoms with Crippen LogP contribution < -0.4 is 5.32 Å². The molecule has 0 spiro atoms. The SMILES string of the molecule is CCNC(c1cnccn1)c1cc2cccc(Br)c2o1. The zero-order valence-corrected chi connectivity index (χ0v) is 12.6. The van der Waals surface area contributed by atoms with Crippen molar-refractivity contribution in [3.05, 3.63) is 58.8 Å². The van der Waals surface area contributed by atoms with Crippen LogP contribution in [0.3, 0.4) is 0 Å². The van der Waals surface area contributed by atoms with Gasteiger partial charge in [0, 0.05) is 17.8 Å². The summed E-state index contributed by atoms with van der Waals surface area (Å²) in [5.41, 5.74) is 1.71. The summed E-state index contributed by atoms with van der Waals surface area (Å²) in [5.74, 6) is 0.842. The number of hydrogen-bond donors (Lipinski definition) is 1. The van der Waals surface area contributed by atoms with E-state index in [0.29, 0.717) is 0 Å². The van der Waals surface area contributed by atoms with Crippen molar-refractivity contribution >= 4 is 26.9 Å². The molecule has 0 amide bonds. The predicted molar refractivity (Wildman–Crippen MR) is 81.5 cm³/mol. The maximum atomic E-state index is 5.99. The van der Waals surface area contributed by atoms with E-state index in [1.165, 1.54) is 0 Å². The van der Waals surface area contributed by atoms with Crippen LogP contribution in [0.5, 0.6) is 0 Å². The van der Waals surface area contributed by atoms with Gasteiger partial charge in [0.2, 0.25) is 0 Å². The van der Waals surface area contributed by atoms with Gasteiger partial charge in [0.15, 0.2) is 0 Å². The van der Waals surface area contributed by atoms with Crippen LogP contribution in [0, 0.1) is 0 Å². The Kier molecular flexibility index (Phi) is 3.80. The lowest BCUT2D eigenvalue weighted by atomic mass is 10.1. The molecule has 4 nitrogen and oxygen atoms in total. The van der Waals surface area contributed by atoms with Crippen LogP contribution >= 0.6 is 15.9 Å². The average molecular weight is 332 g/mol. The second-order valence-corrected chi connectivity index (χ2v) is 5.28. The first-order chi connectivity index (χ1) is 9.79. The number of benzene rings is 1. The third-order valence-electron chi connectivity index (χ3n) is 3.09. The van der Waals surface area contributed by atoms with Crippen molar-refractivity contribution in [2.24, 2.45) is 0 Å². The number of nitrogens with one attached hydrogen (secondary N) is 1. The van der Waals surface area contributed by atoms with Crippen molar-refractivity contribution in [2.75, 3.05) is 6.54 Å². The third-order valence-corrected chi connectivity index (χ3v) is 3.71. The Bertz CT molecular complexity index is 711. The van der Waals surface area contributed by atoms with E-state index in [1.807, 2.05) is 24.3 Å². The van der Waals surface area contributed by atoms with E-state index in [9.17, 15) is 0 Å². The van der Waals surface area contributed by atoms with Crippen molar-refractivity contribution in [1.82, 2.24) is 15.3 Å². The Labute approximate surface area is 125 Å². The van der Waals surface area contributed by atoms with Crippen LogP contribution in [0.4, 0.5) is 0 Å². The Balaban J connectivity index is 2.08. The van der Waals surface area contributed by atoms with E-state index in [0.717, 1.165) is 33.4 Å². The molecule has 2 aromatic heterocycles. The van der Waals surface area contributed by atoms with E-state index in [1.54, 1.807) is 18.6 Å². The van der Waals surface area contributed by atoms with Crippen LogP contribution in [0.2, 0.25) is 0 Å². The molecule has 3 rings (SSSR count). The van der Waals surface area contributed by atoms with Gasteiger partial charge in [0.25, 0.3) is 0 Å². The Morgan fingerprint density at radius 2 is 2.25 bits per heavy atom. The van der Waals surface area contributed by atoms with Crippen LogP contribution in [0.25, 0.3) is 11.0 Å². The van der Waals surface area contributed by atoms with E-state index in [2.05, 4.69) is 38.1 Å². The molecule has 0 bridgehead atoms. The van der Waals surface area contributed by atoms with Gasteiger partial charge in [-0.15, -0.1) is 0 Å². The molecule has 0 radical (unpaired) electrons. The van der Waals surface area contributed by atoms with Crippen molar-refractivity contribution in [1.29, 1.82) is 0 Å². The normalized spacial score (nSPS) is 12.7. The molecule has 0 aliphatic heterocycles. The second-order valence-electron chi connectivity index (χ2n) is 4.43. The highest BCUT2D eigenvalue weighted by atomic mass is 79.9. The standard InChI is InChI=1S/C15H14BrN3O/c1-2-18-14(12-9-17-6-7-19-12)13-8-10-4-3-5-11(16)15(10)20-13/h3-9,14,18H,2H2,1H3. The Hall–Kier alpha value is -1.72. The first-order valence-electron chi connectivity index (χ1n) is 6.47. The highest BCUT2D eigenvalue weighted by Gasteiger charge is 2.19. The first-order valence-corrected chi connectivity index (χ1v) is 7.26. The third kappa shape index (κ3) is 2.46. The minimum atomic E-state index is -0.0898. The maximum Gasteiger partial charge on any atom is 0.148 e. The number of para-hydroxylation sites is 1. The molecule has 0 aliphatic carbocycles. The van der Waals surface area contributed by atoms with E-state index in [-0.39, 0.29) is 6.04 Å². The number of hydrogen-bond acceptors (Lipinski definition) is 4. The molecule has 0 fully saturated rings. The average Bonchev–Trinajstić information content (AvgIpc) is 2.91. The van der Waals surface area contributed by atoms with Crippen LogP contribution in [0.15, 0.2) is 51.7 Å². The van der Waals surface area contributed by atoms with Crippen LogP contribution in [-0.2, 0) is 0 Å². The minimum absolute atomic E-state index is 0.0898. The van der Waals surface area contributed by atoms with E-state index in [4.69, 9.17) is 4.42 Å². The van der Waals surface area contributed by atoms with Crippen molar-refractivity contribution < 1.29 is 4.42 Å². The fourth-order valence-corrected chi connectivity index (χ4v) is 2.67. The monoisotopic (exact) mass is 331 g/mol. The summed E-state index contributed by atoms with van der Waals surface area (Å²) in [6.45, 7) is 2.88. The van der Waals surface area contributed by atoms with Gasteiger partial charge in [0.05, 0.1) is 16.4 Å². The molecule has 1 atom stereocenters. The lowest BCUT2D eigenvalue weighted by Crippen LogP contribution is -2.22. The molecule has 5 heteroatoms. The fraction of sp³-hybridized carbons (Fsp3) is 0.200. The molecule has 1 N–H and O–H groups in total. The highest BCUT2D eigenvalue weighted by Crippen LogP contribution is 2.31. The highest BCUT2D eigenvalue weighted by molar-refractivity contribution is 9.10. The molecule has 20 heavy (non-hydrogen) atoms. The lowest BCUT2D eigenvalue weighted by molar-refractivity contribution is 0.469. The number of aromatic nitrogens is 2. The van der Waals surface area contributed by atoms with Crippen molar-refractivity contribution in [3.63, 3.8) is 0 Å². The number of halogens is 1. The number of furan rings is 1. The lowest BCUT2D eigenvalue weighted by Gasteiger charge is -2.14. The summed E-state index contributed by atoms with van der Waals surface area (Å²) in [6.07, 6.45) is 5.12. The summed E-state index contributed by atoms with van der Waals surface area (Å²) in [5, 5.41) is 4.45. The molecular formula is C15H14BrN3O. The number of nitrogens with zero attached hydrogens (tertiary/aromatic N) is 2. The van der Waals surface area contributed by atoms with E-state index < -0.39 is 0 Å². The zero-order chi connectivity index (χ0) is 13.9. The quantitative estimate of drug-likeness (QED) is 0.792. The molecule has 102 valence electrons. The van der Waals surface area contributed by atoms with Gasteiger partial charge < -0.3 is 9.73 Å². The van der Waals surface area contributed by atoms with Crippen molar-refractivity contribution in [2.45, 2.75) is 13.0 Å². The summed E-state index contributed by atoms with van der Waals surface area (Å²) in [4.78, 5) is 8.50. The molecule has 0 saturated heterocycles. The number of fused-ring (bicyclic) bond motifs is 1.